The number of carbonyl (C=O) groups is 1. The van der Waals surface area contributed by atoms with Gasteiger partial charge in [0.15, 0.2) is 5.78 Å². The minimum atomic E-state index is -1.18. The van der Waals surface area contributed by atoms with Crippen LogP contribution in [0.3, 0.4) is 0 Å². The van der Waals surface area contributed by atoms with E-state index >= 15 is 0 Å². The van der Waals surface area contributed by atoms with Crippen LogP contribution in [-0.4, -0.2) is 12.9 Å². The summed E-state index contributed by atoms with van der Waals surface area (Å²) in [5, 5.41) is 9.21. The average molecular weight is 287 g/mol. The Balaban J connectivity index is 2.41. The summed E-state index contributed by atoms with van der Waals surface area (Å²) in [5.74, 6) is -3.18. The van der Waals surface area contributed by atoms with Crippen LogP contribution in [0.2, 0.25) is 0 Å². The maximum Gasteiger partial charge on any atom is 0.187 e. The second kappa shape index (κ2) is 6.14. The van der Waals surface area contributed by atoms with Gasteiger partial charge in [0.05, 0.1) is 18.7 Å². The van der Waals surface area contributed by atoms with Crippen LogP contribution in [-0.2, 0) is 0 Å². The van der Waals surface area contributed by atoms with Gasteiger partial charge in [-0.3, -0.25) is 4.79 Å². The number of ketones is 1. The fourth-order valence-electron chi connectivity index (χ4n) is 1.95. The third-order valence-corrected chi connectivity index (χ3v) is 3.02. The Morgan fingerprint density at radius 2 is 2.00 bits per heavy atom. The van der Waals surface area contributed by atoms with Gasteiger partial charge >= 0.3 is 0 Å². The van der Waals surface area contributed by atoms with Crippen LogP contribution >= 0.6 is 0 Å². The molecule has 1 atom stereocenters. The molecular formula is C16H11F2NO2. The van der Waals surface area contributed by atoms with Crippen molar-refractivity contribution < 1.29 is 18.3 Å². The van der Waals surface area contributed by atoms with Crippen LogP contribution in [0.4, 0.5) is 8.78 Å². The highest BCUT2D eigenvalue weighted by molar-refractivity contribution is 6.03. The number of nitriles is 1. The first-order valence-corrected chi connectivity index (χ1v) is 6.09. The molecule has 21 heavy (non-hydrogen) atoms. The highest BCUT2D eigenvalue weighted by atomic mass is 19.1. The van der Waals surface area contributed by atoms with E-state index in [0.717, 1.165) is 12.1 Å². The first-order chi connectivity index (χ1) is 10.1. The second-order valence-corrected chi connectivity index (χ2v) is 4.33. The van der Waals surface area contributed by atoms with Gasteiger partial charge in [-0.1, -0.05) is 12.1 Å². The molecule has 0 aliphatic heterocycles. The maximum atomic E-state index is 13.7. The number of carbonyl (C=O) groups excluding carboxylic acids is 1. The summed E-state index contributed by atoms with van der Waals surface area (Å²) in [6.07, 6.45) is 0. The normalized spacial score (nSPS) is 11.5. The number of nitrogens with zero attached hydrogens (tertiary/aromatic N) is 1. The fourth-order valence-corrected chi connectivity index (χ4v) is 1.95. The van der Waals surface area contributed by atoms with Crippen molar-refractivity contribution in [2.45, 2.75) is 5.92 Å². The van der Waals surface area contributed by atoms with E-state index in [9.17, 15) is 18.8 Å². The number of Topliss-reactive ketones (excluding diaryl/α,β-unsaturated/α-hetero) is 1. The largest absolute Gasteiger partial charge is 0.497 e. The lowest BCUT2D eigenvalue weighted by Gasteiger charge is -2.10. The number of benzene rings is 2. The lowest BCUT2D eigenvalue weighted by molar-refractivity contribution is 0.0975. The maximum absolute atomic E-state index is 13.7. The minimum Gasteiger partial charge on any atom is -0.497 e. The van der Waals surface area contributed by atoms with Gasteiger partial charge < -0.3 is 4.74 Å². The van der Waals surface area contributed by atoms with Crippen molar-refractivity contribution in [1.29, 1.82) is 5.26 Å². The number of rotatable bonds is 4. The molecule has 2 aromatic carbocycles. The van der Waals surface area contributed by atoms with E-state index in [4.69, 9.17) is 4.74 Å². The highest BCUT2D eigenvalue weighted by Crippen LogP contribution is 2.25. The molecule has 5 heteroatoms. The van der Waals surface area contributed by atoms with E-state index in [1.807, 2.05) is 6.07 Å². The molecule has 0 saturated heterocycles. The minimum absolute atomic E-state index is 0.314. The molecule has 0 radical (unpaired) electrons. The lowest BCUT2D eigenvalue weighted by Crippen LogP contribution is -2.13. The Labute approximate surface area is 120 Å². The first kappa shape index (κ1) is 14.7. The SMILES string of the molecule is COc1cccc(C(C#N)C(=O)c2ccc(F)cc2F)c1. The topological polar surface area (TPSA) is 50.1 Å². The Bertz CT molecular complexity index is 722. The lowest BCUT2D eigenvalue weighted by atomic mass is 9.91. The summed E-state index contributed by atoms with van der Waals surface area (Å²) in [7, 11) is 1.46. The first-order valence-electron chi connectivity index (χ1n) is 6.09. The predicted molar refractivity (Wildman–Crippen MR) is 72.0 cm³/mol. The third-order valence-electron chi connectivity index (χ3n) is 3.02. The second-order valence-electron chi connectivity index (χ2n) is 4.33. The molecule has 0 aromatic heterocycles. The Kier molecular flexibility index (Phi) is 4.29. The number of ether oxygens (including phenoxy) is 1. The van der Waals surface area contributed by atoms with Crippen LogP contribution in [0.5, 0.6) is 5.75 Å². The summed E-state index contributed by atoms with van der Waals surface area (Å²) in [5.41, 5.74) is 0.0799. The molecule has 1 unspecified atom stereocenters. The van der Waals surface area contributed by atoms with Gasteiger partial charge in [0.2, 0.25) is 0 Å². The zero-order valence-corrected chi connectivity index (χ0v) is 11.1. The molecular weight excluding hydrogens is 276 g/mol. The molecule has 0 aliphatic carbocycles. The summed E-state index contributed by atoms with van der Waals surface area (Å²) >= 11 is 0. The molecule has 0 bridgehead atoms. The molecule has 2 rings (SSSR count). The Hall–Kier alpha value is -2.74. The molecule has 0 aliphatic rings. The molecule has 0 saturated carbocycles. The summed E-state index contributed by atoms with van der Waals surface area (Å²) < 4.78 is 31.6. The van der Waals surface area contributed by atoms with E-state index in [0.29, 0.717) is 17.4 Å². The molecule has 0 amide bonds. The monoisotopic (exact) mass is 287 g/mol. The van der Waals surface area contributed by atoms with Crippen LogP contribution in [0.15, 0.2) is 42.5 Å². The van der Waals surface area contributed by atoms with Crippen molar-refractivity contribution in [3.8, 4) is 11.8 Å². The van der Waals surface area contributed by atoms with Gasteiger partial charge in [0.25, 0.3) is 0 Å². The van der Waals surface area contributed by atoms with Crippen LogP contribution in [0.25, 0.3) is 0 Å². The van der Waals surface area contributed by atoms with Crippen molar-refractivity contribution in [2.75, 3.05) is 7.11 Å². The molecule has 2 aromatic rings. The molecule has 0 N–H and O–H groups in total. The van der Waals surface area contributed by atoms with Gasteiger partial charge in [0, 0.05) is 6.07 Å². The van der Waals surface area contributed by atoms with E-state index < -0.39 is 23.3 Å². The van der Waals surface area contributed by atoms with Gasteiger partial charge in [-0.2, -0.15) is 5.26 Å². The molecule has 0 spiro atoms. The molecule has 3 nitrogen and oxygen atoms in total. The fraction of sp³-hybridized carbons (Fsp3) is 0.125. The zero-order valence-electron chi connectivity index (χ0n) is 11.1. The highest BCUT2D eigenvalue weighted by Gasteiger charge is 2.24. The Morgan fingerprint density at radius 1 is 1.24 bits per heavy atom. The summed E-state index contributed by atoms with van der Waals surface area (Å²) in [4.78, 5) is 12.3. The summed E-state index contributed by atoms with van der Waals surface area (Å²) in [6, 6.07) is 10.9. The van der Waals surface area contributed by atoms with Gasteiger partial charge in [-0.05, 0) is 29.8 Å². The van der Waals surface area contributed by atoms with E-state index in [1.165, 1.54) is 13.2 Å². The van der Waals surface area contributed by atoms with Crippen molar-refractivity contribution >= 4 is 5.78 Å². The standard InChI is InChI=1S/C16H11F2NO2/c1-21-12-4-2-3-10(7-12)14(9-19)16(20)13-6-5-11(17)8-15(13)18/h2-8,14H,1H3. The number of halogens is 2. The average Bonchev–Trinajstić information content (AvgIpc) is 2.48. The zero-order chi connectivity index (χ0) is 15.4. The number of hydrogen-bond acceptors (Lipinski definition) is 3. The van der Waals surface area contributed by atoms with Gasteiger partial charge in [-0.15, -0.1) is 0 Å². The third kappa shape index (κ3) is 3.06. The molecule has 0 heterocycles. The number of methoxy groups -OCH3 is 1. The van der Waals surface area contributed by atoms with Crippen LogP contribution in [0, 0.1) is 23.0 Å². The van der Waals surface area contributed by atoms with Gasteiger partial charge in [-0.25, -0.2) is 8.78 Å². The van der Waals surface area contributed by atoms with E-state index in [2.05, 4.69) is 0 Å². The molecule has 106 valence electrons. The van der Waals surface area contributed by atoms with E-state index in [-0.39, 0.29) is 5.56 Å². The smallest absolute Gasteiger partial charge is 0.187 e. The summed E-state index contributed by atoms with van der Waals surface area (Å²) in [6.45, 7) is 0. The van der Waals surface area contributed by atoms with Crippen molar-refractivity contribution in [1.82, 2.24) is 0 Å². The van der Waals surface area contributed by atoms with E-state index in [1.54, 1.807) is 18.2 Å². The van der Waals surface area contributed by atoms with Crippen molar-refractivity contribution in [2.24, 2.45) is 0 Å². The van der Waals surface area contributed by atoms with Crippen molar-refractivity contribution in [3.63, 3.8) is 0 Å². The quantitative estimate of drug-likeness (QED) is 0.809. The molecule has 0 fully saturated rings. The Morgan fingerprint density at radius 3 is 2.62 bits per heavy atom. The van der Waals surface area contributed by atoms with Crippen LogP contribution in [0.1, 0.15) is 21.8 Å². The van der Waals surface area contributed by atoms with Crippen LogP contribution < -0.4 is 4.74 Å². The van der Waals surface area contributed by atoms with Gasteiger partial charge in [0.1, 0.15) is 23.3 Å². The van der Waals surface area contributed by atoms with Crippen molar-refractivity contribution in [3.05, 3.63) is 65.2 Å². The predicted octanol–water partition coefficient (Wildman–Crippen LogP) is 3.46. The number of hydrogen-bond donors (Lipinski definition) is 0.